The number of nitrogens with zero attached hydrogens (tertiary/aromatic N) is 2. The summed E-state index contributed by atoms with van der Waals surface area (Å²) in [5, 5.41) is 2.00. The van der Waals surface area contributed by atoms with Crippen LogP contribution in [-0.2, 0) is 9.57 Å². The summed E-state index contributed by atoms with van der Waals surface area (Å²) in [6, 6.07) is 5.91. The van der Waals surface area contributed by atoms with E-state index in [0.717, 1.165) is 12.1 Å². The van der Waals surface area contributed by atoms with E-state index in [1.165, 1.54) is 0 Å². The lowest BCUT2D eigenvalue weighted by molar-refractivity contribution is -0.237. The summed E-state index contributed by atoms with van der Waals surface area (Å²) in [6.07, 6.45) is 2.63. The number of aromatic nitrogens is 1. The first-order chi connectivity index (χ1) is 8.01. The van der Waals surface area contributed by atoms with Gasteiger partial charge in [0.2, 0.25) is 0 Å². The predicted molar refractivity (Wildman–Crippen MR) is 63.0 cm³/mol. The Kier molecular flexibility index (Phi) is 2.30. The summed E-state index contributed by atoms with van der Waals surface area (Å²) < 4.78 is 5.90. The van der Waals surface area contributed by atoms with Gasteiger partial charge in [0.25, 0.3) is 0 Å². The molecular weight excluding hydrogens is 216 g/mol. The molecule has 2 saturated heterocycles. The van der Waals surface area contributed by atoms with E-state index in [1.807, 2.05) is 23.3 Å². The Balaban J connectivity index is 1.87. The van der Waals surface area contributed by atoms with Gasteiger partial charge in [0.15, 0.2) is 0 Å². The first-order valence-corrected chi connectivity index (χ1v) is 6.03. The van der Waals surface area contributed by atoms with Crippen LogP contribution in [-0.4, -0.2) is 27.9 Å². The minimum absolute atomic E-state index is 0.000718. The highest BCUT2D eigenvalue weighted by Crippen LogP contribution is 2.48. The van der Waals surface area contributed by atoms with Gasteiger partial charge in [0.05, 0.1) is 17.8 Å². The van der Waals surface area contributed by atoms with Crippen LogP contribution in [0.15, 0.2) is 24.4 Å². The van der Waals surface area contributed by atoms with Crippen LogP contribution in [0.2, 0.25) is 0 Å². The van der Waals surface area contributed by atoms with Crippen molar-refractivity contribution in [3.8, 4) is 0 Å². The van der Waals surface area contributed by atoms with E-state index in [2.05, 4.69) is 25.8 Å². The molecule has 2 aliphatic heterocycles. The molecule has 92 valence electrons. The normalized spacial score (nSPS) is 36.1. The molecule has 0 unspecified atom stereocenters. The van der Waals surface area contributed by atoms with Gasteiger partial charge in [-0.1, -0.05) is 6.07 Å². The van der Waals surface area contributed by atoms with E-state index < -0.39 is 0 Å². The number of rotatable bonds is 1. The molecule has 0 aliphatic carbocycles. The fraction of sp³-hybridized carbons (Fsp3) is 0.615. The smallest absolute Gasteiger partial charge is 0.144 e. The minimum Gasteiger partial charge on any atom is -0.356 e. The molecule has 4 heteroatoms. The molecule has 3 heterocycles. The van der Waals surface area contributed by atoms with Gasteiger partial charge in [-0.15, -0.1) is 5.06 Å². The van der Waals surface area contributed by atoms with Crippen molar-refractivity contribution in [2.75, 3.05) is 6.61 Å². The topological polar surface area (TPSA) is 34.6 Å². The molecule has 2 aliphatic rings. The maximum absolute atomic E-state index is 6.04. The monoisotopic (exact) mass is 234 g/mol. The highest BCUT2D eigenvalue weighted by atomic mass is 16.8. The third-order valence-corrected chi connectivity index (χ3v) is 3.53. The third kappa shape index (κ3) is 1.68. The Bertz CT molecular complexity index is 421. The van der Waals surface area contributed by atoms with Crippen LogP contribution in [0.1, 0.15) is 39.0 Å². The number of pyridine rings is 1. The standard InChI is InChI=1S/C13H18N2O2/c1-12(2)9-16-13(3)8-11(17-15(12)13)10-6-4-5-7-14-10/h4-7,11H,8-9H2,1-3H3/t11-,13+/m1/s1. The van der Waals surface area contributed by atoms with Crippen molar-refractivity contribution in [1.29, 1.82) is 0 Å². The lowest BCUT2D eigenvalue weighted by Crippen LogP contribution is -2.45. The Hall–Kier alpha value is -0.970. The van der Waals surface area contributed by atoms with Crippen LogP contribution in [0.5, 0.6) is 0 Å². The summed E-state index contributed by atoms with van der Waals surface area (Å²) in [4.78, 5) is 10.4. The lowest BCUT2D eigenvalue weighted by Gasteiger charge is -2.31. The second-order valence-electron chi connectivity index (χ2n) is 5.62. The molecule has 3 rings (SSSR count). The Morgan fingerprint density at radius 1 is 1.35 bits per heavy atom. The lowest BCUT2D eigenvalue weighted by atomic mass is 10.0. The highest BCUT2D eigenvalue weighted by Gasteiger charge is 2.56. The number of hydroxylamine groups is 2. The maximum Gasteiger partial charge on any atom is 0.144 e. The molecule has 0 spiro atoms. The zero-order valence-corrected chi connectivity index (χ0v) is 10.5. The van der Waals surface area contributed by atoms with Gasteiger partial charge in [-0.05, 0) is 32.9 Å². The van der Waals surface area contributed by atoms with Crippen LogP contribution in [0.25, 0.3) is 0 Å². The van der Waals surface area contributed by atoms with E-state index in [9.17, 15) is 0 Å². The number of ether oxygens (including phenoxy) is 1. The van der Waals surface area contributed by atoms with E-state index in [-0.39, 0.29) is 17.4 Å². The number of hydrogen-bond acceptors (Lipinski definition) is 4. The molecule has 2 fully saturated rings. The van der Waals surface area contributed by atoms with Crippen molar-refractivity contribution >= 4 is 0 Å². The second kappa shape index (κ2) is 3.51. The molecule has 1 aromatic heterocycles. The van der Waals surface area contributed by atoms with Crippen LogP contribution < -0.4 is 0 Å². The Morgan fingerprint density at radius 3 is 2.82 bits per heavy atom. The molecule has 17 heavy (non-hydrogen) atoms. The van der Waals surface area contributed by atoms with Crippen molar-refractivity contribution in [1.82, 2.24) is 10.0 Å². The first-order valence-electron chi connectivity index (χ1n) is 6.03. The highest BCUT2D eigenvalue weighted by molar-refractivity contribution is 5.10. The zero-order chi connectivity index (χ0) is 12.1. The van der Waals surface area contributed by atoms with Gasteiger partial charge >= 0.3 is 0 Å². The van der Waals surface area contributed by atoms with E-state index in [1.54, 1.807) is 6.20 Å². The number of fused-ring (bicyclic) bond motifs is 1. The van der Waals surface area contributed by atoms with E-state index in [0.29, 0.717) is 6.61 Å². The fourth-order valence-electron chi connectivity index (χ4n) is 2.72. The van der Waals surface area contributed by atoms with Crippen molar-refractivity contribution in [2.24, 2.45) is 0 Å². The molecule has 1 aromatic rings. The average Bonchev–Trinajstić information content (AvgIpc) is 2.77. The Morgan fingerprint density at radius 2 is 2.18 bits per heavy atom. The van der Waals surface area contributed by atoms with Crippen molar-refractivity contribution in [2.45, 2.75) is 44.6 Å². The number of hydrogen-bond donors (Lipinski definition) is 0. The molecule has 2 atom stereocenters. The van der Waals surface area contributed by atoms with Gasteiger partial charge in [-0.25, -0.2) is 0 Å². The Labute approximate surface area is 101 Å². The third-order valence-electron chi connectivity index (χ3n) is 3.53. The van der Waals surface area contributed by atoms with Crippen molar-refractivity contribution in [3.63, 3.8) is 0 Å². The SMILES string of the molecule is CC1(C)CO[C@@]2(C)C[C@H](c3ccccn3)ON12. The van der Waals surface area contributed by atoms with Gasteiger partial charge in [-0.2, -0.15) is 0 Å². The van der Waals surface area contributed by atoms with E-state index >= 15 is 0 Å². The van der Waals surface area contributed by atoms with Crippen molar-refractivity contribution < 1.29 is 9.57 Å². The summed E-state index contributed by atoms with van der Waals surface area (Å²) >= 11 is 0. The van der Waals surface area contributed by atoms with Crippen LogP contribution in [0, 0.1) is 0 Å². The largest absolute Gasteiger partial charge is 0.356 e. The fourth-order valence-corrected chi connectivity index (χ4v) is 2.72. The van der Waals surface area contributed by atoms with Crippen LogP contribution in [0.4, 0.5) is 0 Å². The predicted octanol–water partition coefficient (Wildman–Crippen LogP) is 2.29. The molecule has 0 amide bonds. The van der Waals surface area contributed by atoms with Crippen LogP contribution in [0.3, 0.4) is 0 Å². The second-order valence-corrected chi connectivity index (χ2v) is 5.62. The molecular formula is C13H18N2O2. The van der Waals surface area contributed by atoms with Crippen molar-refractivity contribution in [3.05, 3.63) is 30.1 Å². The molecule has 0 saturated carbocycles. The summed E-state index contributed by atoms with van der Waals surface area (Å²) in [5.74, 6) is 0. The van der Waals surface area contributed by atoms with Gasteiger partial charge in [-0.3, -0.25) is 9.82 Å². The minimum atomic E-state index is -0.314. The van der Waals surface area contributed by atoms with E-state index in [4.69, 9.17) is 9.57 Å². The first kappa shape index (κ1) is 11.1. The molecule has 0 bridgehead atoms. The zero-order valence-electron chi connectivity index (χ0n) is 10.5. The van der Waals surface area contributed by atoms with Gasteiger partial charge in [0.1, 0.15) is 11.8 Å². The average molecular weight is 234 g/mol. The quantitative estimate of drug-likeness (QED) is 0.746. The van der Waals surface area contributed by atoms with Crippen LogP contribution >= 0.6 is 0 Å². The molecule has 0 N–H and O–H groups in total. The molecule has 4 nitrogen and oxygen atoms in total. The van der Waals surface area contributed by atoms with Gasteiger partial charge in [0, 0.05) is 12.6 Å². The summed E-state index contributed by atoms with van der Waals surface area (Å²) in [7, 11) is 0. The molecule has 0 aromatic carbocycles. The molecule has 0 radical (unpaired) electrons. The maximum atomic E-state index is 6.04. The van der Waals surface area contributed by atoms with Gasteiger partial charge < -0.3 is 4.74 Å². The summed E-state index contributed by atoms with van der Waals surface area (Å²) in [6.45, 7) is 7.07. The summed E-state index contributed by atoms with van der Waals surface area (Å²) in [5.41, 5.74) is 0.590.